The first-order valence-electron chi connectivity index (χ1n) is 6.73. The van der Waals surface area contributed by atoms with Gasteiger partial charge in [-0.05, 0) is 36.2 Å². The van der Waals surface area contributed by atoms with Crippen LogP contribution in [-0.4, -0.2) is 22.7 Å². The Morgan fingerprint density at radius 3 is 2.76 bits per heavy atom. The van der Waals surface area contributed by atoms with Crippen LogP contribution in [0, 0.1) is 17.1 Å². The molecule has 2 unspecified atom stereocenters. The second kappa shape index (κ2) is 5.51. The van der Waals surface area contributed by atoms with E-state index in [1.54, 1.807) is 24.4 Å². The molecule has 1 N–H and O–H groups in total. The smallest absolute Gasteiger partial charge is 0.142 e. The predicted molar refractivity (Wildman–Crippen MR) is 76.1 cm³/mol. The van der Waals surface area contributed by atoms with Crippen molar-refractivity contribution in [2.75, 3.05) is 11.4 Å². The van der Waals surface area contributed by atoms with Gasteiger partial charge in [-0.1, -0.05) is 12.1 Å². The van der Waals surface area contributed by atoms with E-state index in [1.807, 2.05) is 17.0 Å². The average Bonchev–Trinajstić information content (AvgIpc) is 2.90. The Labute approximate surface area is 122 Å². The van der Waals surface area contributed by atoms with Crippen molar-refractivity contribution in [2.45, 2.75) is 18.6 Å². The molecule has 1 aromatic heterocycles. The lowest BCUT2D eigenvalue weighted by Gasteiger charge is -2.26. The van der Waals surface area contributed by atoms with Gasteiger partial charge in [-0.25, -0.2) is 9.37 Å². The fraction of sp³-hybridized carbons (Fsp3) is 0.250. The molecule has 1 aromatic carbocycles. The molecule has 0 bridgehead atoms. The number of β-amino-alcohol motifs (C(OH)–C–C–N with tert-alkyl or cyclic N) is 1. The molecule has 0 amide bonds. The Morgan fingerprint density at radius 1 is 1.29 bits per heavy atom. The van der Waals surface area contributed by atoms with Crippen LogP contribution < -0.4 is 4.90 Å². The number of aromatic nitrogens is 1. The van der Waals surface area contributed by atoms with Crippen LogP contribution in [0.15, 0.2) is 42.6 Å². The number of hydrogen-bond acceptors (Lipinski definition) is 4. The van der Waals surface area contributed by atoms with Gasteiger partial charge in [0.15, 0.2) is 0 Å². The molecule has 1 saturated heterocycles. The minimum absolute atomic E-state index is 0.0328. The van der Waals surface area contributed by atoms with Gasteiger partial charge >= 0.3 is 0 Å². The molecule has 0 spiro atoms. The summed E-state index contributed by atoms with van der Waals surface area (Å²) in [5.74, 6) is -0.278. The first-order valence-corrected chi connectivity index (χ1v) is 6.73. The van der Waals surface area contributed by atoms with Crippen molar-refractivity contribution in [3.05, 3.63) is 59.7 Å². The van der Waals surface area contributed by atoms with Crippen LogP contribution in [0.2, 0.25) is 0 Å². The second-order valence-corrected chi connectivity index (χ2v) is 5.12. The number of nitrogens with zero attached hydrogens (tertiary/aromatic N) is 3. The lowest BCUT2D eigenvalue weighted by atomic mass is 10.0. The van der Waals surface area contributed by atoms with Crippen molar-refractivity contribution >= 4 is 5.69 Å². The van der Waals surface area contributed by atoms with Gasteiger partial charge in [0.1, 0.15) is 17.6 Å². The van der Waals surface area contributed by atoms with Gasteiger partial charge in [0, 0.05) is 18.4 Å². The first-order chi connectivity index (χ1) is 10.2. The average molecular weight is 283 g/mol. The summed E-state index contributed by atoms with van der Waals surface area (Å²) >= 11 is 0. The molecule has 4 nitrogen and oxygen atoms in total. The summed E-state index contributed by atoms with van der Waals surface area (Å²) in [6.45, 7) is 0.483. The molecule has 1 fully saturated rings. The van der Waals surface area contributed by atoms with Crippen LogP contribution in [0.4, 0.5) is 10.1 Å². The zero-order chi connectivity index (χ0) is 14.8. The zero-order valence-electron chi connectivity index (χ0n) is 11.3. The number of nitriles is 1. The van der Waals surface area contributed by atoms with Crippen molar-refractivity contribution in [3.8, 4) is 6.07 Å². The highest BCUT2D eigenvalue weighted by molar-refractivity contribution is 5.52. The quantitative estimate of drug-likeness (QED) is 0.919. The van der Waals surface area contributed by atoms with E-state index in [4.69, 9.17) is 5.26 Å². The molecule has 1 aliphatic rings. The highest BCUT2D eigenvalue weighted by Gasteiger charge is 2.32. The Hall–Kier alpha value is -2.45. The zero-order valence-corrected chi connectivity index (χ0v) is 11.3. The molecular formula is C16H14FN3O. The summed E-state index contributed by atoms with van der Waals surface area (Å²) in [5.41, 5.74) is 2.13. The fourth-order valence-corrected chi connectivity index (χ4v) is 2.76. The van der Waals surface area contributed by atoms with Crippen LogP contribution >= 0.6 is 0 Å². The Bertz CT molecular complexity index is 681. The Kier molecular flexibility index (Phi) is 3.55. The maximum atomic E-state index is 13.1. The van der Waals surface area contributed by atoms with Crippen LogP contribution in [0.1, 0.15) is 23.7 Å². The summed E-state index contributed by atoms with van der Waals surface area (Å²) < 4.78 is 13.1. The third kappa shape index (κ3) is 2.71. The van der Waals surface area contributed by atoms with E-state index in [0.29, 0.717) is 18.7 Å². The maximum Gasteiger partial charge on any atom is 0.142 e. The van der Waals surface area contributed by atoms with E-state index >= 15 is 0 Å². The minimum Gasteiger partial charge on any atom is -0.391 e. The Balaban J connectivity index is 1.95. The van der Waals surface area contributed by atoms with Crippen molar-refractivity contribution in [1.82, 2.24) is 4.98 Å². The molecule has 1 aliphatic heterocycles. The van der Waals surface area contributed by atoms with Crippen molar-refractivity contribution < 1.29 is 9.50 Å². The van der Waals surface area contributed by atoms with Gasteiger partial charge in [-0.2, -0.15) is 5.26 Å². The number of hydrogen-bond donors (Lipinski definition) is 1. The molecule has 2 heterocycles. The highest BCUT2D eigenvalue weighted by Crippen LogP contribution is 2.36. The van der Waals surface area contributed by atoms with E-state index in [-0.39, 0.29) is 11.9 Å². The number of pyridine rings is 1. The summed E-state index contributed by atoms with van der Waals surface area (Å²) in [6, 6.07) is 11.8. The Morgan fingerprint density at radius 2 is 2.05 bits per heavy atom. The van der Waals surface area contributed by atoms with E-state index in [2.05, 4.69) is 4.98 Å². The largest absolute Gasteiger partial charge is 0.391 e. The predicted octanol–water partition coefficient (Wildman–Crippen LogP) is 2.40. The van der Waals surface area contributed by atoms with Crippen molar-refractivity contribution in [2.24, 2.45) is 0 Å². The van der Waals surface area contributed by atoms with Crippen LogP contribution in [0.3, 0.4) is 0 Å². The molecule has 106 valence electrons. The standard InChI is InChI=1S/C16H14FN3O/c17-12-3-1-11(2-4-12)16-8-15(21)10-20(16)14-5-6-19-13(7-14)9-18/h1-7,15-16,21H,8,10H2. The number of halogens is 1. The fourth-order valence-electron chi connectivity index (χ4n) is 2.76. The van der Waals surface area contributed by atoms with E-state index < -0.39 is 6.10 Å². The highest BCUT2D eigenvalue weighted by atomic mass is 19.1. The summed E-state index contributed by atoms with van der Waals surface area (Å²) in [4.78, 5) is 5.99. The van der Waals surface area contributed by atoms with E-state index in [1.165, 1.54) is 12.1 Å². The maximum absolute atomic E-state index is 13.1. The van der Waals surface area contributed by atoms with Crippen molar-refractivity contribution in [1.29, 1.82) is 5.26 Å². The second-order valence-electron chi connectivity index (χ2n) is 5.12. The van der Waals surface area contributed by atoms with Gasteiger partial charge < -0.3 is 10.0 Å². The summed E-state index contributed by atoms with van der Waals surface area (Å²) in [5, 5.41) is 18.9. The first kappa shape index (κ1) is 13.5. The van der Waals surface area contributed by atoms with Crippen LogP contribution in [0.25, 0.3) is 0 Å². The molecule has 0 aliphatic carbocycles. The molecular weight excluding hydrogens is 269 g/mol. The van der Waals surface area contributed by atoms with Gasteiger partial charge in [0.25, 0.3) is 0 Å². The number of benzene rings is 1. The molecule has 2 aromatic rings. The minimum atomic E-state index is -0.446. The monoisotopic (exact) mass is 283 g/mol. The summed E-state index contributed by atoms with van der Waals surface area (Å²) in [6.07, 6.45) is 1.72. The number of anilines is 1. The lowest BCUT2D eigenvalue weighted by molar-refractivity contribution is 0.194. The molecule has 5 heteroatoms. The van der Waals surface area contributed by atoms with Gasteiger partial charge in [0.05, 0.1) is 12.1 Å². The normalized spacial score (nSPS) is 21.3. The summed E-state index contributed by atoms with van der Waals surface area (Å²) in [7, 11) is 0. The third-order valence-electron chi connectivity index (χ3n) is 3.72. The van der Waals surface area contributed by atoms with Gasteiger partial charge in [-0.3, -0.25) is 0 Å². The number of aliphatic hydroxyl groups excluding tert-OH is 1. The topological polar surface area (TPSA) is 60.2 Å². The number of aliphatic hydroxyl groups is 1. The number of rotatable bonds is 2. The van der Waals surface area contributed by atoms with Crippen molar-refractivity contribution in [3.63, 3.8) is 0 Å². The van der Waals surface area contributed by atoms with E-state index in [9.17, 15) is 9.50 Å². The lowest BCUT2D eigenvalue weighted by Crippen LogP contribution is -2.24. The van der Waals surface area contributed by atoms with Gasteiger partial charge in [-0.15, -0.1) is 0 Å². The molecule has 2 atom stereocenters. The third-order valence-corrected chi connectivity index (χ3v) is 3.72. The molecule has 21 heavy (non-hydrogen) atoms. The van der Waals surface area contributed by atoms with Crippen LogP contribution in [-0.2, 0) is 0 Å². The van der Waals surface area contributed by atoms with Gasteiger partial charge in [0.2, 0.25) is 0 Å². The molecule has 0 saturated carbocycles. The SMILES string of the molecule is N#Cc1cc(N2CC(O)CC2c2ccc(F)cc2)ccn1. The molecule has 3 rings (SSSR count). The van der Waals surface area contributed by atoms with Crippen LogP contribution in [0.5, 0.6) is 0 Å². The molecule has 0 radical (unpaired) electrons. The van der Waals surface area contributed by atoms with E-state index in [0.717, 1.165) is 11.3 Å².